The molecule has 0 aromatic heterocycles. The Morgan fingerprint density at radius 2 is 0.930 bits per heavy atom. The van der Waals surface area contributed by atoms with Crippen LogP contribution >= 0.6 is 0 Å². The summed E-state index contributed by atoms with van der Waals surface area (Å²) in [6, 6.07) is -1.00. The van der Waals surface area contributed by atoms with Crippen molar-refractivity contribution in [1.82, 2.24) is 0 Å². The second kappa shape index (κ2) is 14.4. The number of ether oxygens (including phenoxy) is 7. The van der Waals surface area contributed by atoms with Crippen molar-refractivity contribution >= 4 is 0 Å². The monoisotopic (exact) mass is 631 g/mol. The van der Waals surface area contributed by atoms with Crippen LogP contribution in [0.4, 0.5) is 0 Å². The predicted octanol–water partition coefficient (Wildman–Crippen LogP) is -6.66. The van der Waals surface area contributed by atoms with E-state index in [-0.39, 0.29) is 0 Å². The predicted molar refractivity (Wildman–Crippen MR) is 136 cm³/mol. The molecule has 18 heteroatoms. The molecule has 43 heavy (non-hydrogen) atoms. The Kier molecular flexibility index (Phi) is 11.7. The molecular formula is C25H45NO17. The first-order valence-corrected chi connectivity index (χ1v) is 14.2. The van der Waals surface area contributed by atoms with Crippen molar-refractivity contribution in [2.24, 2.45) is 5.73 Å². The fourth-order valence-corrected chi connectivity index (χ4v) is 5.65. The van der Waals surface area contributed by atoms with Gasteiger partial charge in [-0.1, -0.05) is 0 Å². The molecule has 20 atom stereocenters. The van der Waals surface area contributed by atoms with Gasteiger partial charge >= 0.3 is 0 Å². The van der Waals surface area contributed by atoms with E-state index in [1.807, 2.05) is 0 Å². The molecule has 0 bridgehead atoms. The average Bonchev–Trinajstić information content (AvgIpc) is 2.98. The molecular weight excluding hydrogens is 586 g/mol. The Morgan fingerprint density at radius 1 is 0.465 bits per heavy atom. The Hall–Kier alpha value is -0.720. The molecule has 252 valence electrons. The lowest BCUT2D eigenvalue weighted by Crippen LogP contribution is -2.68. The van der Waals surface area contributed by atoms with Crippen LogP contribution in [0.2, 0.25) is 0 Å². The molecule has 4 fully saturated rings. The van der Waals surface area contributed by atoms with Crippen LogP contribution in [0.1, 0.15) is 20.8 Å². The van der Waals surface area contributed by atoms with E-state index in [1.165, 1.54) is 13.8 Å². The summed E-state index contributed by atoms with van der Waals surface area (Å²) < 4.78 is 40.3. The Morgan fingerprint density at radius 3 is 1.42 bits per heavy atom. The summed E-state index contributed by atoms with van der Waals surface area (Å²) in [6.45, 7) is 3.03. The van der Waals surface area contributed by atoms with Crippen LogP contribution in [0.25, 0.3) is 0 Å². The van der Waals surface area contributed by atoms with Crippen LogP contribution in [-0.4, -0.2) is 187 Å². The van der Waals surface area contributed by atoms with Gasteiger partial charge in [0, 0.05) is 0 Å². The molecule has 12 N–H and O–H groups in total. The van der Waals surface area contributed by atoms with Crippen molar-refractivity contribution in [2.75, 3.05) is 13.2 Å². The topological polar surface area (TPSA) is 293 Å². The molecule has 0 spiro atoms. The van der Waals surface area contributed by atoms with Crippen molar-refractivity contribution in [3.05, 3.63) is 0 Å². The zero-order valence-electron chi connectivity index (χ0n) is 23.9. The second-order valence-electron chi connectivity index (χ2n) is 11.5. The fraction of sp³-hybridized carbons (Fsp3) is 1.00. The van der Waals surface area contributed by atoms with E-state index in [0.29, 0.717) is 0 Å². The molecule has 0 aromatic carbocycles. The van der Waals surface area contributed by atoms with Crippen molar-refractivity contribution in [2.45, 2.75) is 143 Å². The van der Waals surface area contributed by atoms with Crippen LogP contribution in [0, 0.1) is 0 Å². The van der Waals surface area contributed by atoms with Gasteiger partial charge in [0.2, 0.25) is 0 Å². The van der Waals surface area contributed by atoms with Crippen LogP contribution in [0.15, 0.2) is 0 Å². The second-order valence-corrected chi connectivity index (χ2v) is 11.5. The minimum atomic E-state index is -1.82. The fourth-order valence-electron chi connectivity index (χ4n) is 5.65. The van der Waals surface area contributed by atoms with Crippen LogP contribution in [-0.2, 0) is 33.2 Å². The molecule has 0 amide bonds. The third-order valence-electron chi connectivity index (χ3n) is 8.50. The van der Waals surface area contributed by atoms with E-state index in [0.717, 1.165) is 0 Å². The van der Waals surface area contributed by atoms with Crippen molar-refractivity contribution in [1.29, 1.82) is 0 Å². The highest BCUT2D eigenvalue weighted by Crippen LogP contribution is 2.34. The Bertz CT molecular complexity index is 891. The minimum absolute atomic E-state index is 0.647. The first-order chi connectivity index (χ1) is 20.2. The highest BCUT2D eigenvalue weighted by atomic mass is 16.8. The van der Waals surface area contributed by atoms with Gasteiger partial charge in [-0.05, 0) is 20.8 Å². The number of aliphatic hydroxyl groups is 10. The van der Waals surface area contributed by atoms with Gasteiger partial charge in [-0.3, -0.25) is 0 Å². The third kappa shape index (κ3) is 7.02. The molecule has 4 rings (SSSR count). The number of hydrogen-bond donors (Lipinski definition) is 11. The quantitative estimate of drug-likeness (QED) is 0.119. The molecule has 0 aromatic rings. The first kappa shape index (κ1) is 35.1. The summed E-state index contributed by atoms with van der Waals surface area (Å²) in [5.74, 6) is 0. The maximum Gasteiger partial charge on any atom is 0.187 e. The molecule has 13 unspecified atom stereocenters. The minimum Gasteiger partial charge on any atom is -0.394 e. The first-order valence-electron chi connectivity index (χ1n) is 14.2. The zero-order valence-corrected chi connectivity index (χ0v) is 23.9. The third-order valence-corrected chi connectivity index (χ3v) is 8.50. The largest absolute Gasteiger partial charge is 0.394 e. The lowest BCUT2D eigenvalue weighted by molar-refractivity contribution is -0.385. The highest BCUT2D eigenvalue weighted by Gasteiger charge is 2.54. The molecule has 4 aliphatic rings. The van der Waals surface area contributed by atoms with Gasteiger partial charge in [0.1, 0.15) is 79.4 Å². The van der Waals surface area contributed by atoms with E-state index in [4.69, 9.17) is 38.9 Å². The summed E-state index contributed by atoms with van der Waals surface area (Å²) in [5, 5.41) is 103. The molecule has 4 heterocycles. The van der Waals surface area contributed by atoms with Crippen molar-refractivity contribution in [3.8, 4) is 0 Å². The van der Waals surface area contributed by atoms with Gasteiger partial charge in [-0.25, -0.2) is 0 Å². The molecule has 4 aliphatic heterocycles. The molecule has 4 saturated heterocycles. The number of hydrogen-bond acceptors (Lipinski definition) is 18. The van der Waals surface area contributed by atoms with Gasteiger partial charge < -0.3 is 90.0 Å². The molecule has 18 nitrogen and oxygen atoms in total. The van der Waals surface area contributed by atoms with E-state index >= 15 is 0 Å². The maximum absolute atomic E-state index is 11.0. The van der Waals surface area contributed by atoms with E-state index in [1.54, 1.807) is 6.92 Å². The summed E-state index contributed by atoms with van der Waals surface area (Å²) in [7, 11) is 0. The van der Waals surface area contributed by atoms with Crippen molar-refractivity contribution < 1.29 is 84.2 Å². The number of aliphatic hydroxyl groups excluding tert-OH is 10. The smallest absolute Gasteiger partial charge is 0.187 e. The normalized spacial score (nSPS) is 54.8. The lowest BCUT2D eigenvalue weighted by atomic mass is 9.92. The Balaban J connectivity index is 1.62. The average molecular weight is 632 g/mol. The standard InChI is InChI=1S/C25H45NO17/c1-6-11(26)21(42-23-18(35)15(32)12(29)7(2)38-23)20(10(5-28)37-6)41-25-22(17(34)14(31)9(4-27)40-25)43-24-19(36)16(33)13(30)8(3)39-24/h6-25,27-36H,4-5,26H2,1-3H3/t6?,7?,8?,9?,10?,11?,12-,13+,14+,15?,16?,17?,18?,19?,20+,21?,22?,23-,24+,25+/m1/s1. The summed E-state index contributed by atoms with van der Waals surface area (Å²) >= 11 is 0. The van der Waals surface area contributed by atoms with Crippen molar-refractivity contribution in [3.63, 3.8) is 0 Å². The Labute approximate surface area is 247 Å². The van der Waals surface area contributed by atoms with E-state index in [2.05, 4.69) is 0 Å². The van der Waals surface area contributed by atoms with E-state index < -0.39 is 136 Å². The SMILES string of the molecule is CC1OC(CO)[C@H](O[C@@H]2OC(CO)[C@H](O)C(O)C2O[C@@H]2OC(C)[C@H](O)C(O)C2O)C(O[C@H]2OC(C)[C@@H](O)C(O)C2O)C1N. The summed E-state index contributed by atoms with van der Waals surface area (Å²) in [5.41, 5.74) is 6.38. The van der Waals surface area contributed by atoms with Crippen LogP contribution < -0.4 is 5.73 Å². The van der Waals surface area contributed by atoms with Gasteiger partial charge in [-0.15, -0.1) is 0 Å². The van der Waals surface area contributed by atoms with E-state index in [9.17, 15) is 51.1 Å². The number of rotatable bonds is 8. The maximum atomic E-state index is 11.0. The van der Waals surface area contributed by atoms with Gasteiger partial charge in [-0.2, -0.15) is 0 Å². The van der Waals surface area contributed by atoms with Gasteiger partial charge in [0.25, 0.3) is 0 Å². The van der Waals surface area contributed by atoms with Gasteiger partial charge in [0.15, 0.2) is 18.9 Å². The lowest BCUT2D eigenvalue weighted by Gasteiger charge is -2.50. The summed E-state index contributed by atoms with van der Waals surface area (Å²) in [4.78, 5) is 0. The molecule has 0 aliphatic carbocycles. The van der Waals surface area contributed by atoms with Crippen LogP contribution in [0.3, 0.4) is 0 Å². The zero-order chi connectivity index (χ0) is 31.9. The number of nitrogens with two attached hydrogens (primary N) is 1. The highest BCUT2D eigenvalue weighted by molar-refractivity contribution is 4.99. The van der Waals surface area contributed by atoms with Gasteiger partial charge in [0.05, 0.1) is 37.6 Å². The summed E-state index contributed by atoms with van der Waals surface area (Å²) in [6.07, 6.45) is -27.7. The van der Waals surface area contributed by atoms with Crippen LogP contribution in [0.5, 0.6) is 0 Å². The molecule has 0 radical (unpaired) electrons. The molecule has 0 saturated carbocycles.